The third-order valence-corrected chi connectivity index (χ3v) is 6.18. The fraction of sp³-hybridized carbons (Fsp3) is 0.353. The molecule has 1 saturated heterocycles. The van der Waals surface area contributed by atoms with Gasteiger partial charge in [0.1, 0.15) is 35.5 Å². The molecule has 3 aromatic rings. The lowest BCUT2D eigenvalue weighted by atomic mass is 10.1. The maximum absolute atomic E-state index is 11.0. The molecule has 0 amide bonds. The molecule has 2 aromatic heterocycles. The molecule has 6 N–H and O–H groups in total. The minimum atomic E-state index is -4.24. The van der Waals surface area contributed by atoms with Gasteiger partial charge in [-0.25, -0.2) is 19.8 Å². The summed E-state index contributed by atoms with van der Waals surface area (Å²) in [6.45, 7) is -0.570. The van der Waals surface area contributed by atoms with Gasteiger partial charge in [-0.1, -0.05) is 42.1 Å². The first-order valence-electron chi connectivity index (χ1n) is 9.09. The van der Waals surface area contributed by atoms with Crippen molar-refractivity contribution in [3.05, 3.63) is 42.2 Å². The summed E-state index contributed by atoms with van der Waals surface area (Å²) in [7, 11) is -4.24. The summed E-state index contributed by atoms with van der Waals surface area (Å²) in [5.74, 6) is 0.803. The van der Waals surface area contributed by atoms with Gasteiger partial charge < -0.3 is 20.7 Å². The van der Waals surface area contributed by atoms with Gasteiger partial charge in [0.25, 0.3) is 0 Å². The molecular weight excluding hydrogens is 448 g/mol. The molecule has 4 rings (SSSR count). The lowest BCUT2D eigenvalue weighted by Crippen LogP contribution is -2.35. The number of hydrogen-bond acceptors (Lipinski definition) is 11. The van der Waals surface area contributed by atoms with E-state index in [1.54, 1.807) is 0 Å². The van der Waals surface area contributed by atoms with E-state index in [1.807, 2.05) is 30.3 Å². The molecule has 0 aliphatic carbocycles. The Morgan fingerprint density at radius 1 is 1.19 bits per heavy atom. The van der Waals surface area contributed by atoms with Gasteiger partial charge >= 0.3 is 10.3 Å². The van der Waals surface area contributed by atoms with Gasteiger partial charge in [0, 0.05) is 5.75 Å². The third kappa shape index (κ3) is 4.64. The zero-order valence-corrected chi connectivity index (χ0v) is 17.6. The van der Waals surface area contributed by atoms with Crippen molar-refractivity contribution in [3.8, 4) is 0 Å². The Labute approximate surface area is 181 Å². The highest BCUT2D eigenvalue weighted by Crippen LogP contribution is 2.36. The van der Waals surface area contributed by atoms with Crippen LogP contribution in [0.15, 0.2) is 41.7 Å². The van der Waals surface area contributed by atoms with Crippen LogP contribution in [0.2, 0.25) is 0 Å². The van der Waals surface area contributed by atoms with Gasteiger partial charge in [-0.15, -0.1) is 0 Å². The van der Waals surface area contributed by atoms with Crippen molar-refractivity contribution in [2.75, 3.05) is 12.3 Å². The van der Waals surface area contributed by atoms with Gasteiger partial charge in [0.05, 0.1) is 12.0 Å². The number of hydrogen-bond donors (Lipinski definition) is 4. The molecule has 4 atom stereocenters. The molecule has 0 spiro atoms. The van der Waals surface area contributed by atoms with E-state index in [9.17, 15) is 18.6 Å². The average molecular weight is 469 g/mol. The number of thioether (sulfide) groups is 1. The van der Waals surface area contributed by atoms with Crippen molar-refractivity contribution in [1.82, 2.24) is 19.7 Å². The second-order valence-corrected chi connectivity index (χ2v) is 8.99. The second-order valence-electron chi connectivity index (χ2n) is 6.81. The number of nitrogens with two attached hydrogens (primary N) is 2. The van der Waals surface area contributed by atoms with Crippen LogP contribution in [-0.4, -0.2) is 63.3 Å². The summed E-state index contributed by atoms with van der Waals surface area (Å²) < 4.78 is 33.5. The van der Waals surface area contributed by atoms with E-state index in [-0.39, 0.29) is 5.82 Å². The fourth-order valence-electron chi connectivity index (χ4n) is 3.20. The van der Waals surface area contributed by atoms with E-state index in [4.69, 9.17) is 15.6 Å². The van der Waals surface area contributed by atoms with Crippen molar-refractivity contribution < 1.29 is 27.6 Å². The number of benzene rings is 1. The van der Waals surface area contributed by atoms with E-state index in [0.29, 0.717) is 21.8 Å². The van der Waals surface area contributed by atoms with Crippen molar-refractivity contribution in [1.29, 1.82) is 0 Å². The number of nitrogen functional groups attached to an aromatic ring is 1. The fourth-order valence-corrected chi connectivity index (χ4v) is 4.50. The molecule has 166 valence electrons. The summed E-state index contributed by atoms with van der Waals surface area (Å²) in [5, 5.41) is 31.1. The molecule has 14 heteroatoms. The predicted molar refractivity (Wildman–Crippen MR) is 111 cm³/mol. The molecule has 1 fully saturated rings. The summed E-state index contributed by atoms with van der Waals surface area (Å²) in [6.07, 6.45) is -3.93. The molecule has 1 aliphatic heterocycles. The van der Waals surface area contributed by atoms with E-state index in [2.05, 4.69) is 19.2 Å². The van der Waals surface area contributed by atoms with Crippen molar-refractivity contribution in [3.63, 3.8) is 0 Å². The Balaban J connectivity index is 1.64. The first kappa shape index (κ1) is 21.9. The third-order valence-electron chi connectivity index (χ3n) is 4.68. The molecule has 1 aromatic carbocycles. The summed E-state index contributed by atoms with van der Waals surface area (Å²) in [5.41, 5.74) is 7.42. The Morgan fingerprint density at radius 3 is 2.65 bits per heavy atom. The van der Waals surface area contributed by atoms with Gasteiger partial charge in [-0.2, -0.15) is 13.5 Å². The Kier molecular flexibility index (Phi) is 6.11. The number of aliphatic hydroxyl groups is 2. The predicted octanol–water partition coefficient (Wildman–Crippen LogP) is -0.460. The van der Waals surface area contributed by atoms with Crippen LogP contribution in [0.3, 0.4) is 0 Å². The first-order chi connectivity index (χ1) is 14.7. The van der Waals surface area contributed by atoms with Crippen molar-refractivity contribution in [2.24, 2.45) is 5.14 Å². The van der Waals surface area contributed by atoms with E-state index in [1.165, 1.54) is 22.8 Å². The molecule has 0 saturated carbocycles. The lowest BCUT2D eigenvalue weighted by molar-refractivity contribution is -0.0531. The van der Waals surface area contributed by atoms with Crippen molar-refractivity contribution >= 4 is 38.9 Å². The molecule has 31 heavy (non-hydrogen) atoms. The van der Waals surface area contributed by atoms with Crippen LogP contribution in [0.5, 0.6) is 0 Å². The average Bonchev–Trinajstić information content (AvgIpc) is 3.24. The van der Waals surface area contributed by atoms with E-state index < -0.39 is 41.5 Å². The summed E-state index contributed by atoms with van der Waals surface area (Å²) in [4.78, 5) is 8.22. The minimum absolute atomic E-state index is 0.203. The zero-order chi connectivity index (χ0) is 22.2. The van der Waals surface area contributed by atoms with Crippen molar-refractivity contribution in [2.45, 2.75) is 35.3 Å². The number of nitrogens with zero attached hydrogens (tertiary/aromatic N) is 4. The number of anilines is 1. The van der Waals surface area contributed by atoms with Crippen LogP contribution in [0, 0.1) is 0 Å². The van der Waals surface area contributed by atoms with E-state index >= 15 is 0 Å². The molecule has 12 nitrogen and oxygen atoms in total. The standard InChI is InChI=1S/C17H20N6O6S2/c18-14-11-15(21-8-20-14)23(22-16(11)30-7-9-4-2-1-3-5-9)17-13(25)12(24)10(29-17)6-28-31(19,26)27/h1-5,8,10,12-13,17,24-25H,6-7H2,(H2,18,20,21)(H2,19,26,27)/t10-,12-,13-,17-/m1/s1. The van der Waals surface area contributed by atoms with E-state index in [0.717, 1.165) is 5.56 Å². The normalized spacial score (nSPS) is 24.1. The highest BCUT2D eigenvalue weighted by atomic mass is 32.2. The quantitative estimate of drug-likeness (QED) is 0.328. The van der Waals surface area contributed by atoms with Gasteiger partial charge in [0.2, 0.25) is 0 Å². The molecule has 0 unspecified atom stereocenters. The highest BCUT2D eigenvalue weighted by molar-refractivity contribution is 7.98. The Morgan fingerprint density at radius 2 is 1.94 bits per heavy atom. The maximum atomic E-state index is 11.0. The lowest BCUT2D eigenvalue weighted by Gasteiger charge is -2.15. The second kappa shape index (κ2) is 8.66. The largest absolute Gasteiger partial charge is 0.387 e. The number of ether oxygens (including phenoxy) is 1. The number of rotatable bonds is 7. The minimum Gasteiger partial charge on any atom is -0.387 e. The maximum Gasteiger partial charge on any atom is 0.333 e. The van der Waals surface area contributed by atoms with Crippen LogP contribution < -0.4 is 10.9 Å². The van der Waals surface area contributed by atoms with Gasteiger partial charge in [0.15, 0.2) is 11.9 Å². The van der Waals surface area contributed by atoms with Gasteiger partial charge in [-0.3, -0.25) is 4.18 Å². The molecule has 0 bridgehead atoms. The molecule has 1 aliphatic rings. The van der Waals surface area contributed by atoms with Crippen LogP contribution in [-0.2, 0) is 25.0 Å². The van der Waals surface area contributed by atoms with Gasteiger partial charge in [-0.05, 0) is 5.56 Å². The summed E-state index contributed by atoms with van der Waals surface area (Å²) >= 11 is 1.40. The Bertz CT molecular complexity index is 1170. The topological polar surface area (TPSA) is 189 Å². The first-order valence-corrected chi connectivity index (χ1v) is 11.5. The monoisotopic (exact) mass is 468 g/mol. The molecule has 3 heterocycles. The molecule has 0 radical (unpaired) electrons. The van der Waals surface area contributed by atoms with Crippen LogP contribution in [0.1, 0.15) is 11.8 Å². The summed E-state index contributed by atoms with van der Waals surface area (Å²) in [6, 6.07) is 9.73. The molecular formula is C17H20N6O6S2. The zero-order valence-electron chi connectivity index (χ0n) is 16.0. The van der Waals surface area contributed by atoms with Crippen LogP contribution >= 0.6 is 11.8 Å². The SMILES string of the molecule is Nc1ncnc2c1c(SCc1ccccc1)nn2[C@@H]1O[C@H](COS(N)(=O)=O)[C@@H](O)[C@H]1O. The smallest absolute Gasteiger partial charge is 0.333 e. The number of fused-ring (bicyclic) bond motifs is 1. The highest BCUT2D eigenvalue weighted by Gasteiger charge is 2.45. The Hall–Kier alpha value is -2.33. The van der Waals surface area contributed by atoms with Crippen LogP contribution in [0.25, 0.3) is 11.0 Å². The number of aliphatic hydroxyl groups excluding tert-OH is 2. The number of aromatic nitrogens is 4. The van der Waals surface area contributed by atoms with Crippen LogP contribution in [0.4, 0.5) is 5.82 Å².